The summed E-state index contributed by atoms with van der Waals surface area (Å²) in [5.41, 5.74) is 4.09. The Morgan fingerprint density at radius 1 is 1.33 bits per heavy atom. The molecule has 64 valence electrons. The standard InChI is InChI=1S/C11H14O/c1-7(2)11-9(4)8(3)5-6-10(11)12/h5-6,12H,1H2,2-4H3. The maximum Gasteiger partial charge on any atom is 0.123 e. The molecule has 1 rings (SSSR count). The Labute approximate surface area is 73.4 Å². The minimum absolute atomic E-state index is 0.325. The fourth-order valence-corrected chi connectivity index (χ4v) is 1.34. The van der Waals surface area contributed by atoms with Gasteiger partial charge in [0.25, 0.3) is 0 Å². The van der Waals surface area contributed by atoms with E-state index in [-0.39, 0.29) is 0 Å². The molecule has 0 atom stereocenters. The van der Waals surface area contributed by atoms with Crippen molar-refractivity contribution < 1.29 is 5.11 Å². The van der Waals surface area contributed by atoms with Crippen molar-refractivity contribution in [3.63, 3.8) is 0 Å². The molecular formula is C11H14O. The molecule has 0 bridgehead atoms. The fourth-order valence-electron chi connectivity index (χ4n) is 1.34. The summed E-state index contributed by atoms with van der Waals surface area (Å²) in [5.74, 6) is 0.325. The summed E-state index contributed by atoms with van der Waals surface area (Å²) in [6, 6.07) is 3.63. The summed E-state index contributed by atoms with van der Waals surface area (Å²) in [6.07, 6.45) is 0. The van der Waals surface area contributed by atoms with Gasteiger partial charge in [0.05, 0.1) is 0 Å². The van der Waals surface area contributed by atoms with Gasteiger partial charge in [0.15, 0.2) is 0 Å². The SMILES string of the molecule is C=C(C)c1c(O)ccc(C)c1C. The van der Waals surface area contributed by atoms with E-state index in [1.165, 1.54) is 5.56 Å². The Kier molecular flexibility index (Phi) is 2.22. The Morgan fingerprint density at radius 3 is 2.33 bits per heavy atom. The van der Waals surface area contributed by atoms with Crippen LogP contribution in [0.15, 0.2) is 18.7 Å². The van der Waals surface area contributed by atoms with Gasteiger partial charge in [-0.15, -0.1) is 0 Å². The van der Waals surface area contributed by atoms with Crippen LogP contribution in [0.5, 0.6) is 5.75 Å². The first-order valence-electron chi connectivity index (χ1n) is 3.99. The molecule has 0 spiro atoms. The molecule has 1 nitrogen and oxygen atoms in total. The molecule has 0 saturated heterocycles. The monoisotopic (exact) mass is 162 g/mol. The van der Waals surface area contributed by atoms with Gasteiger partial charge in [0.1, 0.15) is 5.75 Å². The van der Waals surface area contributed by atoms with Gasteiger partial charge in [-0.1, -0.05) is 12.6 Å². The first-order chi connectivity index (χ1) is 5.54. The van der Waals surface area contributed by atoms with Crippen LogP contribution in [-0.2, 0) is 0 Å². The largest absolute Gasteiger partial charge is 0.507 e. The Morgan fingerprint density at radius 2 is 1.92 bits per heavy atom. The van der Waals surface area contributed by atoms with Crippen molar-refractivity contribution in [3.05, 3.63) is 35.4 Å². The zero-order chi connectivity index (χ0) is 9.30. The number of benzene rings is 1. The molecule has 1 heteroatoms. The molecule has 1 aromatic carbocycles. The van der Waals surface area contributed by atoms with Crippen LogP contribution in [0.25, 0.3) is 5.57 Å². The molecule has 12 heavy (non-hydrogen) atoms. The number of phenolic OH excluding ortho intramolecular Hbond substituents is 1. The molecule has 0 aliphatic heterocycles. The minimum Gasteiger partial charge on any atom is -0.507 e. The minimum atomic E-state index is 0.325. The highest BCUT2D eigenvalue weighted by Gasteiger charge is 2.06. The molecule has 0 amide bonds. The third-order valence-corrected chi connectivity index (χ3v) is 2.14. The zero-order valence-electron chi connectivity index (χ0n) is 7.81. The van der Waals surface area contributed by atoms with Crippen molar-refractivity contribution in [1.82, 2.24) is 0 Å². The van der Waals surface area contributed by atoms with E-state index in [9.17, 15) is 5.11 Å². The average Bonchev–Trinajstić information content (AvgIpc) is 1.97. The number of allylic oxidation sites excluding steroid dienone is 1. The second-order valence-electron chi connectivity index (χ2n) is 3.18. The van der Waals surface area contributed by atoms with Gasteiger partial charge < -0.3 is 5.11 Å². The molecule has 0 fully saturated rings. The van der Waals surface area contributed by atoms with Crippen LogP contribution in [0.1, 0.15) is 23.6 Å². The van der Waals surface area contributed by atoms with E-state index in [4.69, 9.17) is 0 Å². The fraction of sp³-hybridized carbons (Fsp3) is 0.273. The number of hydrogen-bond donors (Lipinski definition) is 1. The summed E-state index contributed by atoms with van der Waals surface area (Å²) in [7, 11) is 0. The lowest BCUT2D eigenvalue weighted by atomic mass is 9.98. The van der Waals surface area contributed by atoms with E-state index in [0.29, 0.717) is 5.75 Å². The smallest absolute Gasteiger partial charge is 0.123 e. The molecular weight excluding hydrogens is 148 g/mol. The van der Waals surface area contributed by atoms with Crippen molar-refractivity contribution >= 4 is 5.57 Å². The molecule has 0 radical (unpaired) electrons. The summed E-state index contributed by atoms with van der Waals surface area (Å²) < 4.78 is 0. The first-order valence-corrected chi connectivity index (χ1v) is 3.99. The van der Waals surface area contributed by atoms with Crippen LogP contribution in [0.4, 0.5) is 0 Å². The number of aryl methyl sites for hydroxylation is 1. The van der Waals surface area contributed by atoms with Gasteiger partial charge in [0.2, 0.25) is 0 Å². The predicted molar refractivity (Wildman–Crippen MR) is 52.3 cm³/mol. The number of rotatable bonds is 1. The van der Waals surface area contributed by atoms with E-state index in [1.54, 1.807) is 6.07 Å². The first kappa shape index (κ1) is 8.85. The van der Waals surface area contributed by atoms with Gasteiger partial charge in [-0.25, -0.2) is 0 Å². The van der Waals surface area contributed by atoms with Crippen molar-refractivity contribution in [2.75, 3.05) is 0 Å². The normalized spacial score (nSPS) is 9.92. The molecule has 1 aromatic rings. The van der Waals surface area contributed by atoms with Crippen LogP contribution in [0.2, 0.25) is 0 Å². The number of hydrogen-bond acceptors (Lipinski definition) is 1. The second kappa shape index (κ2) is 3.02. The van der Waals surface area contributed by atoms with Gasteiger partial charge in [-0.05, 0) is 43.5 Å². The van der Waals surface area contributed by atoms with Crippen LogP contribution in [-0.4, -0.2) is 5.11 Å². The van der Waals surface area contributed by atoms with E-state index in [2.05, 4.69) is 6.58 Å². The van der Waals surface area contributed by atoms with Crippen LogP contribution < -0.4 is 0 Å². The molecule has 0 aliphatic carbocycles. The summed E-state index contributed by atoms with van der Waals surface area (Å²) in [4.78, 5) is 0. The Hall–Kier alpha value is -1.24. The van der Waals surface area contributed by atoms with Gasteiger partial charge >= 0.3 is 0 Å². The predicted octanol–water partition coefficient (Wildman–Crippen LogP) is 3.04. The molecule has 1 N–H and O–H groups in total. The lowest BCUT2D eigenvalue weighted by molar-refractivity contribution is 0.473. The molecule has 0 aromatic heterocycles. The summed E-state index contributed by atoms with van der Waals surface area (Å²) in [5, 5.41) is 9.53. The molecule has 0 unspecified atom stereocenters. The molecule has 0 saturated carbocycles. The third kappa shape index (κ3) is 1.35. The molecule has 0 heterocycles. The lowest BCUT2D eigenvalue weighted by Gasteiger charge is -2.09. The van der Waals surface area contributed by atoms with Gasteiger partial charge in [0, 0.05) is 5.56 Å². The Bertz CT molecular complexity index is 324. The van der Waals surface area contributed by atoms with Crippen molar-refractivity contribution in [2.24, 2.45) is 0 Å². The molecule has 0 aliphatic rings. The van der Waals surface area contributed by atoms with E-state index in [0.717, 1.165) is 16.7 Å². The zero-order valence-corrected chi connectivity index (χ0v) is 7.81. The van der Waals surface area contributed by atoms with E-state index in [1.807, 2.05) is 26.8 Å². The highest BCUT2D eigenvalue weighted by Crippen LogP contribution is 2.28. The number of phenols is 1. The van der Waals surface area contributed by atoms with Crippen molar-refractivity contribution in [1.29, 1.82) is 0 Å². The van der Waals surface area contributed by atoms with Gasteiger partial charge in [-0.2, -0.15) is 0 Å². The van der Waals surface area contributed by atoms with Crippen LogP contribution in [0.3, 0.4) is 0 Å². The van der Waals surface area contributed by atoms with Crippen molar-refractivity contribution in [2.45, 2.75) is 20.8 Å². The van der Waals surface area contributed by atoms with Crippen LogP contribution in [0, 0.1) is 13.8 Å². The third-order valence-electron chi connectivity index (χ3n) is 2.14. The highest BCUT2D eigenvalue weighted by atomic mass is 16.3. The van der Waals surface area contributed by atoms with Crippen LogP contribution >= 0.6 is 0 Å². The van der Waals surface area contributed by atoms with E-state index < -0.39 is 0 Å². The lowest BCUT2D eigenvalue weighted by Crippen LogP contribution is -1.89. The maximum atomic E-state index is 9.53. The topological polar surface area (TPSA) is 20.2 Å². The maximum absolute atomic E-state index is 9.53. The average molecular weight is 162 g/mol. The second-order valence-corrected chi connectivity index (χ2v) is 3.18. The van der Waals surface area contributed by atoms with E-state index >= 15 is 0 Å². The summed E-state index contributed by atoms with van der Waals surface area (Å²) in [6.45, 7) is 9.76. The Balaban J connectivity index is 3.43. The van der Waals surface area contributed by atoms with Crippen molar-refractivity contribution in [3.8, 4) is 5.75 Å². The number of aromatic hydroxyl groups is 1. The highest BCUT2D eigenvalue weighted by molar-refractivity contribution is 5.70. The quantitative estimate of drug-likeness (QED) is 0.673. The van der Waals surface area contributed by atoms with Gasteiger partial charge in [-0.3, -0.25) is 0 Å². The summed E-state index contributed by atoms with van der Waals surface area (Å²) >= 11 is 0.